The monoisotopic (exact) mass is 656 g/mol. The van der Waals surface area contributed by atoms with E-state index in [1.165, 1.54) is 0 Å². The second-order valence-electron chi connectivity index (χ2n) is 12.6. The first-order valence-corrected chi connectivity index (χ1v) is 16.8. The number of aryl methyl sites for hydroxylation is 3. The number of hydrogen-bond donors (Lipinski definition) is 2. The Morgan fingerprint density at radius 2 is 1.09 bits per heavy atom. The Hall–Kier alpha value is -4.10. The molecule has 0 unspecified atom stereocenters. The van der Waals surface area contributed by atoms with Crippen LogP contribution in [0.5, 0.6) is 0 Å². The van der Waals surface area contributed by atoms with Gasteiger partial charge in [-0.15, -0.1) is 10.2 Å². The van der Waals surface area contributed by atoms with Gasteiger partial charge < -0.3 is 10.6 Å². The average Bonchev–Trinajstić information content (AvgIpc) is 3.70. The number of nitrogens with zero attached hydrogens (tertiary/aromatic N) is 6. The van der Waals surface area contributed by atoms with Gasteiger partial charge in [0, 0.05) is 95.2 Å². The molecule has 47 heavy (non-hydrogen) atoms. The highest BCUT2D eigenvalue weighted by Crippen LogP contribution is 2.08. The Kier molecular flexibility index (Phi) is 18.0. The third-order valence-electron chi connectivity index (χ3n) is 7.69. The van der Waals surface area contributed by atoms with Crippen LogP contribution in [0.15, 0.2) is 12.4 Å². The SMILES string of the molecule is CC(C)C(=O)CCCCn1cc(CCNC(=O)CCC(=O)CNC(=O)CCC(=O)CCc2cn(CCCCC(=O)C(C)C)nn2)nn1. The summed E-state index contributed by atoms with van der Waals surface area (Å²) in [7, 11) is 0. The van der Waals surface area contributed by atoms with Crippen molar-refractivity contribution < 1.29 is 28.8 Å². The van der Waals surface area contributed by atoms with Crippen molar-refractivity contribution in [1.82, 2.24) is 40.6 Å². The van der Waals surface area contributed by atoms with E-state index in [9.17, 15) is 28.8 Å². The number of amides is 2. The van der Waals surface area contributed by atoms with Gasteiger partial charge in [-0.3, -0.25) is 38.1 Å². The Labute approximate surface area is 277 Å². The number of aromatic nitrogens is 6. The molecule has 14 heteroatoms. The molecule has 260 valence electrons. The maximum atomic E-state index is 12.2. The van der Waals surface area contributed by atoms with Crippen LogP contribution >= 0.6 is 0 Å². The molecular formula is C33H52N8O6. The van der Waals surface area contributed by atoms with Gasteiger partial charge in [-0.05, 0) is 32.1 Å². The quantitative estimate of drug-likeness (QED) is 0.143. The number of unbranched alkanes of at least 4 members (excludes halogenated alkanes) is 2. The van der Waals surface area contributed by atoms with Gasteiger partial charge in [0.15, 0.2) is 5.78 Å². The van der Waals surface area contributed by atoms with Gasteiger partial charge in [-0.1, -0.05) is 38.1 Å². The molecule has 0 saturated carbocycles. The maximum Gasteiger partial charge on any atom is 0.220 e. The van der Waals surface area contributed by atoms with E-state index in [0.717, 1.165) is 31.4 Å². The van der Waals surface area contributed by atoms with E-state index >= 15 is 0 Å². The van der Waals surface area contributed by atoms with Crippen LogP contribution in [-0.4, -0.2) is 78.0 Å². The molecule has 0 radical (unpaired) electrons. The van der Waals surface area contributed by atoms with Crippen molar-refractivity contribution in [2.45, 2.75) is 124 Å². The normalized spacial score (nSPS) is 11.2. The first-order valence-electron chi connectivity index (χ1n) is 16.8. The lowest BCUT2D eigenvalue weighted by molar-refractivity contribution is -0.128. The Balaban J connectivity index is 1.49. The van der Waals surface area contributed by atoms with Crippen molar-refractivity contribution >= 4 is 34.9 Å². The molecule has 2 aromatic rings. The Morgan fingerprint density at radius 1 is 0.596 bits per heavy atom. The summed E-state index contributed by atoms with van der Waals surface area (Å²) in [5.41, 5.74) is 1.44. The van der Waals surface area contributed by atoms with Gasteiger partial charge in [0.2, 0.25) is 11.8 Å². The fourth-order valence-electron chi connectivity index (χ4n) is 4.54. The van der Waals surface area contributed by atoms with Crippen molar-refractivity contribution in [3.8, 4) is 0 Å². The van der Waals surface area contributed by atoms with E-state index in [4.69, 9.17) is 0 Å². The average molecular weight is 657 g/mol. The van der Waals surface area contributed by atoms with E-state index in [1.807, 2.05) is 33.9 Å². The van der Waals surface area contributed by atoms with Gasteiger partial charge in [0.1, 0.15) is 17.3 Å². The molecular weight excluding hydrogens is 604 g/mol. The molecule has 14 nitrogen and oxygen atoms in total. The first-order chi connectivity index (χ1) is 22.4. The van der Waals surface area contributed by atoms with Crippen molar-refractivity contribution in [1.29, 1.82) is 0 Å². The molecule has 0 spiro atoms. The molecule has 0 aliphatic heterocycles. The van der Waals surface area contributed by atoms with Crippen LogP contribution in [-0.2, 0) is 54.7 Å². The molecule has 0 atom stereocenters. The predicted molar refractivity (Wildman–Crippen MR) is 174 cm³/mol. The highest BCUT2D eigenvalue weighted by Gasteiger charge is 2.13. The summed E-state index contributed by atoms with van der Waals surface area (Å²) in [6.07, 6.45) is 9.25. The molecule has 0 fully saturated rings. The molecule has 2 amide bonds. The summed E-state index contributed by atoms with van der Waals surface area (Å²) in [5, 5.41) is 21.6. The molecule has 0 aliphatic carbocycles. The molecule has 0 saturated heterocycles. The minimum Gasteiger partial charge on any atom is -0.356 e. The zero-order chi connectivity index (χ0) is 34.6. The highest BCUT2D eigenvalue weighted by atomic mass is 16.2. The summed E-state index contributed by atoms with van der Waals surface area (Å²) in [5.74, 6) is -0.373. The number of carbonyl (C=O) groups excluding carboxylic acids is 6. The third-order valence-corrected chi connectivity index (χ3v) is 7.69. The van der Waals surface area contributed by atoms with Crippen molar-refractivity contribution in [2.24, 2.45) is 11.8 Å². The van der Waals surface area contributed by atoms with Crippen molar-refractivity contribution in [3.63, 3.8) is 0 Å². The largest absolute Gasteiger partial charge is 0.356 e. The molecule has 2 heterocycles. The van der Waals surface area contributed by atoms with Crippen LogP contribution in [0.1, 0.15) is 110 Å². The summed E-state index contributed by atoms with van der Waals surface area (Å²) < 4.78 is 3.45. The van der Waals surface area contributed by atoms with Crippen LogP contribution in [0.3, 0.4) is 0 Å². The Bertz CT molecular complexity index is 1320. The lowest BCUT2D eigenvalue weighted by atomic mass is 10.0. The van der Waals surface area contributed by atoms with Crippen LogP contribution in [0, 0.1) is 11.8 Å². The van der Waals surface area contributed by atoms with Gasteiger partial charge in [0.05, 0.1) is 17.9 Å². The minimum atomic E-state index is -0.393. The van der Waals surface area contributed by atoms with E-state index in [0.29, 0.717) is 51.0 Å². The van der Waals surface area contributed by atoms with Crippen LogP contribution in [0.25, 0.3) is 0 Å². The first kappa shape index (κ1) is 39.1. The van der Waals surface area contributed by atoms with Gasteiger partial charge in [-0.2, -0.15) is 0 Å². The van der Waals surface area contributed by atoms with E-state index in [2.05, 4.69) is 31.3 Å². The maximum absolute atomic E-state index is 12.2. The Morgan fingerprint density at radius 3 is 1.62 bits per heavy atom. The molecule has 2 aromatic heterocycles. The van der Waals surface area contributed by atoms with Crippen LogP contribution in [0.2, 0.25) is 0 Å². The molecule has 0 aliphatic rings. The number of carbonyl (C=O) groups is 6. The van der Waals surface area contributed by atoms with Crippen molar-refractivity contribution in [2.75, 3.05) is 13.1 Å². The predicted octanol–water partition coefficient (Wildman–Crippen LogP) is 2.77. The lowest BCUT2D eigenvalue weighted by Crippen LogP contribution is -2.31. The smallest absolute Gasteiger partial charge is 0.220 e. The number of Topliss-reactive ketones (excluding diaryl/α,β-unsaturated/α-hetero) is 4. The minimum absolute atomic E-state index is 0.00269. The van der Waals surface area contributed by atoms with Gasteiger partial charge >= 0.3 is 0 Å². The number of hydrogen-bond acceptors (Lipinski definition) is 10. The highest BCUT2D eigenvalue weighted by molar-refractivity contribution is 5.90. The summed E-state index contributed by atoms with van der Waals surface area (Å²) in [4.78, 5) is 72.0. The summed E-state index contributed by atoms with van der Waals surface area (Å²) in [6, 6.07) is 0. The molecule has 0 aromatic carbocycles. The third kappa shape index (κ3) is 17.4. The second-order valence-corrected chi connectivity index (χ2v) is 12.6. The number of nitrogens with one attached hydrogen (secondary N) is 2. The van der Waals surface area contributed by atoms with Crippen LogP contribution < -0.4 is 10.6 Å². The van der Waals surface area contributed by atoms with E-state index in [1.54, 1.807) is 15.6 Å². The van der Waals surface area contributed by atoms with Gasteiger partial charge in [-0.25, -0.2) is 0 Å². The standard InChI is InChI=1S/C33H52N8O6/c1-24(2)30(44)9-5-7-19-40-22-26(36-38-40)11-12-28(42)13-15-33(47)35-21-29(43)14-16-32(46)34-18-17-27-23-41(39-37-27)20-8-6-10-31(45)25(3)4/h22-25H,5-21H2,1-4H3,(H,34,46)(H,35,47). The van der Waals surface area contributed by atoms with Crippen molar-refractivity contribution in [3.05, 3.63) is 23.8 Å². The van der Waals surface area contributed by atoms with E-state index < -0.39 is 5.91 Å². The van der Waals surface area contributed by atoms with E-state index in [-0.39, 0.29) is 79.5 Å². The summed E-state index contributed by atoms with van der Waals surface area (Å²) >= 11 is 0. The van der Waals surface area contributed by atoms with Crippen LogP contribution in [0.4, 0.5) is 0 Å². The zero-order valence-electron chi connectivity index (χ0n) is 28.5. The second kappa shape index (κ2) is 21.6. The zero-order valence-corrected chi connectivity index (χ0v) is 28.5. The topological polar surface area (TPSA) is 188 Å². The molecule has 2 N–H and O–H groups in total. The molecule has 0 bridgehead atoms. The lowest BCUT2D eigenvalue weighted by Gasteiger charge is -2.06. The molecule has 2 rings (SSSR count). The summed E-state index contributed by atoms with van der Waals surface area (Å²) in [6.45, 7) is 9.11. The number of ketones is 4. The fourth-order valence-corrected chi connectivity index (χ4v) is 4.54. The fraction of sp³-hybridized carbons (Fsp3) is 0.697. The van der Waals surface area contributed by atoms with Gasteiger partial charge in [0.25, 0.3) is 0 Å². The number of rotatable bonds is 26.